The van der Waals surface area contributed by atoms with Crippen LogP contribution < -0.4 is 26.0 Å². The molecule has 10 rings (SSSR count). The second-order valence-electron chi connectivity index (χ2n) is 17.7. The number of nitrogens with zero attached hydrogens (tertiary/aromatic N) is 9. The van der Waals surface area contributed by atoms with Gasteiger partial charge in [-0.2, -0.15) is 5.10 Å². The number of nitrogens with two attached hydrogens (primary N) is 1. The third-order valence-electron chi connectivity index (χ3n) is 13.8. The van der Waals surface area contributed by atoms with Gasteiger partial charge in [-0.15, -0.1) is 0 Å². The lowest BCUT2D eigenvalue weighted by molar-refractivity contribution is -0.136. The Hall–Kier alpha value is -6.83. The molecule has 0 saturated carbocycles. The molecule has 7 heterocycles. The molecule has 3 aromatic carbocycles. The number of anilines is 2. The molecule has 66 heavy (non-hydrogen) atoms. The Kier molecular flexibility index (Phi) is 11.7. The molecule has 0 bridgehead atoms. The molecule has 18 nitrogen and oxygen atoms in total. The quantitative estimate of drug-likeness (QED) is 0.154. The van der Waals surface area contributed by atoms with Gasteiger partial charge in [0.25, 0.3) is 17.7 Å². The molecule has 0 radical (unpaired) electrons. The summed E-state index contributed by atoms with van der Waals surface area (Å²) in [5.41, 5.74) is 11.2. The summed E-state index contributed by atoms with van der Waals surface area (Å²) in [7, 11) is 1.44. The standard InChI is InChI=1S/C47H51FN12O6/c1-66-38-10-6-30(48)22-36(38)44(62)50-24-28-2-4-29(5-3-28)41-40-42(49)51-27-52-43(40)60(54-41)31-12-14-57(15-13-31)33-25-56(26-33)17-16-55-18-20-58(21-19-55)32-7-8-34-35(23-32)47(65)59(46(34)64)37-9-11-39(61)53-45(37)63/h2-8,10,22-23,27,31,33,37H,9,11-21,24-26H2,1H3,(H,50,62)(H2,49,51,52)(H,53,61,63). The van der Waals surface area contributed by atoms with Gasteiger partial charge >= 0.3 is 0 Å². The van der Waals surface area contributed by atoms with E-state index in [9.17, 15) is 28.4 Å². The Morgan fingerprint density at radius 1 is 0.848 bits per heavy atom. The third-order valence-corrected chi connectivity index (χ3v) is 13.8. The van der Waals surface area contributed by atoms with Crippen LogP contribution in [0.4, 0.5) is 15.9 Å². The SMILES string of the molecule is COc1ccc(F)cc1C(=O)NCc1ccc(-c2nn(C3CCN(C4CN(CCN5CCN(c6ccc7c(c6)C(=O)N(C6CCC(=O)NC6=O)C7=O)CC5)C4)CC3)c3ncnc(N)c23)cc1. The lowest BCUT2D eigenvalue weighted by Gasteiger charge is -2.48. The molecule has 4 fully saturated rings. The zero-order chi connectivity index (χ0) is 45.6. The summed E-state index contributed by atoms with van der Waals surface area (Å²) in [4.78, 5) is 83.2. The molecular weight excluding hydrogens is 848 g/mol. The van der Waals surface area contributed by atoms with Crippen molar-refractivity contribution in [1.82, 2.24) is 50.0 Å². The highest BCUT2D eigenvalue weighted by Crippen LogP contribution is 2.36. The first-order chi connectivity index (χ1) is 32.0. The first-order valence-electron chi connectivity index (χ1n) is 22.5. The number of nitrogens with one attached hydrogen (secondary N) is 2. The third kappa shape index (κ3) is 8.22. The molecule has 5 amide bonds. The maximum absolute atomic E-state index is 13.9. The first kappa shape index (κ1) is 43.1. The number of piperidine rings is 2. The van der Waals surface area contributed by atoms with Gasteiger partial charge in [0.15, 0.2) is 5.65 Å². The molecule has 0 aliphatic carbocycles. The summed E-state index contributed by atoms with van der Waals surface area (Å²) in [5.74, 6) is -2.27. The molecule has 5 aliphatic heterocycles. The van der Waals surface area contributed by atoms with Crippen molar-refractivity contribution in [3.05, 3.63) is 95.1 Å². The van der Waals surface area contributed by atoms with E-state index in [1.54, 1.807) is 12.1 Å². The fourth-order valence-corrected chi connectivity index (χ4v) is 9.99. The van der Waals surface area contributed by atoms with Crippen molar-refractivity contribution in [2.75, 3.05) is 83.2 Å². The van der Waals surface area contributed by atoms with Crippen molar-refractivity contribution in [2.24, 2.45) is 0 Å². The van der Waals surface area contributed by atoms with E-state index in [-0.39, 0.29) is 31.0 Å². The Balaban J connectivity index is 0.684. The number of carbonyl (C=O) groups excluding carboxylic acids is 5. The molecule has 1 atom stereocenters. The lowest BCUT2D eigenvalue weighted by Crippen LogP contribution is -2.62. The Morgan fingerprint density at radius 3 is 2.33 bits per heavy atom. The summed E-state index contributed by atoms with van der Waals surface area (Å²) in [6.07, 6.45) is 3.57. The van der Waals surface area contributed by atoms with Crippen molar-refractivity contribution in [1.29, 1.82) is 0 Å². The Morgan fingerprint density at radius 2 is 1.59 bits per heavy atom. The Labute approximate surface area is 379 Å². The van der Waals surface area contributed by atoms with E-state index in [0.29, 0.717) is 45.5 Å². The van der Waals surface area contributed by atoms with Gasteiger partial charge < -0.3 is 20.7 Å². The van der Waals surface area contributed by atoms with E-state index in [0.717, 1.165) is 106 Å². The number of hydrogen-bond donors (Lipinski definition) is 3. The van der Waals surface area contributed by atoms with Crippen LogP contribution in [-0.2, 0) is 16.1 Å². The summed E-state index contributed by atoms with van der Waals surface area (Å²) < 4.78 is 21.1. The predicted octanol–water partition coefficient (Wildman–Crippen LogP) is 2.70. The zero-order valence-corrected chi connectivity index (χ0v) is 36.6. The number of rotatable bonds is 12. The molecule has 5 aliphatic rings. The number of methoxy groups -OCH3 is 1. The highest BCUT2D eigenvalue weighted by Gasteiger charge is 2.45. The number of amides is 5. The number of likely N-dealkylation sites (tertiary alicyclic amines) is 2. The van der Waals surface area contributed by atoms with E-state index in [2.05, 4.69) is 40.2 Å². The molecule has 4 N–H and O–H groups in total. The normalized spacial score (nSPS) is 20.2. The van der Waals surface area contributed by atoms with Crippen LogP contribution in [0.15, 0.2) is 67.0 Å². The number of fused-ring (bicyclic) bond motifs is 2. The minimum absolute atomic E-state index is 0.0880. The topological polar surface area (TPSA) is 204 Å². The molecule has 2 aromatic heterocycles. The average Bonchev–Trinajstić information content (AvgIpc) is 3.83. The van der Waals surface area contributed by atoms with Gasteiger partial charge in [-0.05, 0) is 61.2 Å². The van der Waals surface area contributed by atoms with Crippen LogP contribution in [0, 0.1) is 5.82 Å². The number of halogens is 1. The summed E-state index contributed by atoms with van der Waals surface area (Å²) >= 11 is 0. The number of benzene rings is 3. The van der Waals surface area contributed by atoms with Crippen LogP contribution in [-0.4, -0.2) is 154 Å². The number of ether oxygens (including phenoxy) is 1. The van der Waals surface area contributed by atoms with Crippen LogP contribution in [0.1, 0.15) is 68.4 Å². The van der Waals surface area contributed by atoms with Crippen molar-refractivity contribution < 1.29 is 33.1 Å². The van der Waals surface area contributed by atoms with Crippen LogP contribution in [0.25, 0.3) is 22.3 Å². The number of piperazine rings is 1. The number of hydrogen-bond acceptors (Lipinski definition) is 14. The van der Waals surface area contributed by atoms with Crippen LogP contribution in [0.5, 0.6) is 5.75 Å². The van der Waals surface area contributed by atoms with Gasteiger partial charge in [0.1, 0.15) is 35.4 Å². The van der Waals surface area contributed by atoms with Gasteiger partial charge in [-0.3, -0.25) is 48.9 Å². The maximum Gasteiger partial charge on any atom is 0.262 e. The highest BCUT2D eigenvalue weighted by molar-refractivity contribution is 6.23. The van der Waals surface area contributed by atoms with Gasteiger partial charge in [0.05, 0.1) is 35.2 Å². The van der Waals surface area contributed by atoms with Gasteiger partial charge in [0.2, 0.25) is 11.8 Å². The van der Waals surface area contributed by atoms with Gasteiger partial charge in [0, 0.05) is 95.7 Å². The monoisotopic (exact) mass is 898 g/mol. The maximum atomic E-state index is 13.9. The lowest BCUT2D eigenvalue weighted by atomic mass is 9.99. The smallest absolute Gasteiger partial charge is 0.262 e. The second-order valence-corrected chi connectivity index (χ2v) is 17.7. The molecule has 342 valence electrons. The minimum Gasteiger partial charge on any atom is -0.496 e. The molecule has 19 heteroatoms. The highest BCUT2D eigenvalue weighted by atomic mass is 19.1. The second kappa shape index (κ2) is 17.9. The van der Waals surface area contributed by atoms with E-state index < -0.39 is 41.4 Å². The van der Waals surface area contributed by atoms with Crippen molar-refractivity contribution in [3.8, 4) is 17.0 Å². The Bertz CT molecular complexity index is 2730. The van der Waals surface area contributed by atoms with Crippen molar-refractivity contribution in [2.45, 2.75) is 50.4 Å². The molecule has 4 saturated heterocycles. The van der Waals surface area contributed by atoms with E-state index in [1.807, 2.05) is 35.0 Å². The summed E-state index contributed by atoms with van der Waals surface area (Å²) in [6.45, 7) is 9.59. The fourth-order valence-electron chi connectivity index (χ4n) is 9.99. The van der Waals surface area contributed by atoms with E-state index in [4.69, 9.17) is 15.6 Å². The van der Waals surface area contributed by atoms with Crippen molar-refractivity contribution >= 4 is 52.1 Å². The van der Waals surface area contributed by atoms with Crippen LogP contribution in [0.2, 0.25) is 0 Å². The predicted molar refractivity (Wildman–Crippen MR) is 241 cm³/mol. The van der Waals surface area contributed by atoms with E-state index >= 15 is 0 Å². The van der Waals surface area contributed by atoms with Gasteiger partial charge in [-0.1, -0.05) is 24.3 Å². The number of nitrogen functional groups attached to an aromatic ring is 1. The van der Waals surface area contributed by atoms with Crippen molar-refractivity contribution in [3.63, 3.8) is 0 Å². The number of imide groups is 2. The fraction of sp³-hybridized carbons (Fsp3) is 0.404. The van der Waals surface area contributed by atoms with E-state index in [1.165, 1.54) is 25.6 Å². The average molecular weight is 899 g/mol. The molecule has 5 aromatic rings. The molecule has 1 unspecified atom stereocenters. The number of aromatic nitrogens is 4. The zero-order valence-electron chi connectivity index (χ0n) is 36.6. The summed E-state index contributed by atoms with van der Waals surface area (Å²) in [6, 6.07) is 16.6. The minimum atomic E-state index is -0.978. The largest absolute Gasteiger partial charge is 0.496 e. The molecule has 0 spiro atoms. The van der Waals surface area contributed by atoms with Crippen LogP contribution >= 0.6 is 0 Å². The first-order valence-corrected chi connectivity index (χ1v) is 22.5. The number of carbonyl (C=O) groups is 5. The van der Waals surface area contributed by atoms with Crippen LogP contribution in [0.3, 0.4) is 0 Å². The summed E-state index contributed by atoms with van der Waals surface area (Å²) in [5, 5.41) is 10.9. The molecular formula is C47H51FN12O6. The van der Waals surface area contributed by atoms with Gasteiger partial charge in [-0.25, -0.2) is 19.0 Å².